The van der Waals surface area contributed by atoms with Crippen LogP contribution in [-0.2, 0) is 19.0 Å². The fraction of sp³-hybridized carbons (Fsp3) is 0.667. The van der Waals surface area contributed by atoms with Gasteiger partial charge >= 0.3 is 5.97 Å². The van der Waals surface area contributed by atoms with Gasteiger partial charge in [-0.25, -0.2) is 0 Å². The van der Waals surface area contributed by atoms with E-state index in [1.54, 1.807) is 0 Å². The first-order valence-electron chi connectivity index (χ1n) is 4.68. The number of rotatable bonds is 3. The quantitative estimate of drug-likeness (QED) is 0.316. The van der Waals surface area contributed by atoms with Crippen molar-refractivity contribution in [3.8, 4) is 0 Å². The first kappa shape index (κ1) is 12.4. The van der Waals surface area contributed by atoms with Crippen LogP contribution in [0.15, 0.2) is 17.5 Å². The molecule has 1 rings (SSSR count). The molecular weight excluding hydrogens is 214 g/mol. The Morgan fingerprint density at radius 3 is 2.94 bits per heavy atom. The van der Waals surface area contributed by atoms with Gasteiger partial charge in [-0.3, -0.25) is 4.79 Å². The maximum absolute atomic E-state index is 10.9. The van der Waals surface area contributed by atoms with Gasteiger partial charge in [0.15, 0.2) is 12.4 Å². The SMILES string of the molecule is C=C1O[C@H](OC)C[C@H](N=[N+]=[N-])[C@H]1OC(C)=O. The van der Waals surface area contributed by atoms with Crippen LogP contribution in [0, 0.1) is 0 Å². The van der Waals surface area contributed by atoms with E-state index in [4.69, 9.17) is 19.7 Å². The Kier molecular flexibility index (Phi) is 4.16. The molecule has 1 saturated heterocycles. The average Bonchev–Trinajstić information content (AvgIpc) is 2.22. The summed E-state index contributed by atoms with van der Waals surface area (Å²) >= 11 is 0. The van der Waals surface area contributed by atoms with Crippen LogP contribution in [0.5, 0.6) is 0 Å². The lowest BCUT2D eigenvalue weighted by Gasteiger charge is -2.34. The molecule has 1 fully saturated rings. The van der Waals surface area contributed by atoms with Gasteiger partial charge in [0, 0.05) is 25.4 Å². The minimum absolute atomic E-state index is 0.228. The highest BCUT2D eigenvalue weighted by Gasteiger charge is 2.36. The summed E-state index contributed by atoms with van der Waals surface area (Å²) in [4.78, 5) is 13.6. The molecule has 16 heavy (non-hydrogen) atoms. The van der Waals surface area contributed by atoms with Gasteiger partial charge in [0.05, 0.1) is 6.04 Å². The topological polar surface area (TPSA) is 93.5 Å². The summed E-state index contributed by atoms with van der Waals surface area (Å²) in [7, 11) is 1.47. The highest BCUT2D eigenvalue weighted by atomic mass is 16.7. The molecule has 88 valence electrons. The number of hydrogen-bond acceptors (Lipinski definition) is 5. The molecule has 7 heteroatoms. The summed E-state index contributed by atoms with van der Waals surface area (Å²) in [5.74, 6) is -0.255. The van der Waals surface area contributed by atoms with E-state index >= 15 is 0 Å². The van der Waals surface area contributed by atoms with Crippen LogP contribution in [0.2, 0.25) is 0 Å². The molecule has 7 nitrogen and oxygen atoms in total. The summed E-state index contributed by atoms with van der Waals surface area (Å²) < 4.78 is 15.2. The lowest BCUT2D eigenvalue weighted by molar-refractivity contribution is -0.168. The number of nitrogens with zero attached hydrogens (tertiary/aromatic N) is 3. The molecule has 0 aromatic heterocycles. The molecule has 0 unspecified atom stereocenters. The number of carbonyl (C=O) groups is 1. The molecule has 0 radical (unpaired) electrons. The van der Waals surface area contributed by atoms with Crippen LogP contribution < -0.4 is 0 Å². The van der Waals surface area contributed by atoms with Gasteiger partial charge in [0.1, 0.15) is 5.76 Å². The second-order valence-electron chi connectivity index (χ2n) is 3.29. The zero-order chi connectivity index (χ0) is 12.1. The number of methoxy groups -OCH3 is 1. The van der Waals surface area contributed by atoms with Crippen LogP contribution in [0.4, 0.5) is 0 Å². The van der Waals surface area contributed by atoms with Crippen molar-refractivity contribution in [3.63, 3.8) is 0 Å². The number of esters is 1. The van der Waals surface area contributed by atoms with Crippen LogP contribution in [0.25, 0.3) is 10.4 Å². The Labute approximate surface area is 92.6 Å². The molecule has 0 bridgehead atoms. The van der Waals surface area contributed by atoms with Gasteiger partial charge in [-0.15, -0.1) is 0 Å². The average molecular weight is 227 g/mol. The summed E-state index contributed by atoms with van der Waals surface area (Å²) in [6.07, 6.45) is -0.966. The molecule has 1 aliphatic heterocycles. The predicted octanol–water partition coefficient (Wildman–Crippen LogP) is 1.50. The fourth-order valence-corrected chi connectivity index (χ4v) is 1.46. The molecule has 1 aliphatic rings. The Hall–Kier alpha value is -1.72. The normalized spacial score (nSPS) is 28.9. The van der Waals surface area contributed by atoms with Crippen molar-refractivity contribution < 1.29 is 19.0 Å². The third kappa shape index (κ3) is 2.88. The van der Waals surface area contributed by atoms with E-state index in [0.29, 0.717) is 6.42 Å². The first-order chi connectivity index (χ1) is 7.58. The zero-order valence-corrected chi connectivity index (χ0v) is 9.12. The van der Waals surface area contributed by atoms with E-state index in [2.05, 4.69) is 16.6 Å². The molecule has 0 aliphatic carbocycles. The van der Waals surface area contributed by atoms with Crippen molar-refractivity contribution in [1.82, 2.24) is 0 Å². The Bertz CT molecular complexity index is 338. The second kappa shape index (κ2) is 5.39. The molecule has 0 amide bonds. The number of carbonyl (C=O) groups excluding carboxylic acids is 1. The lowest BCUT2D eigenvalue weighted by atomic mass is 10.0. The summed E-state index contributed by atoms with van der Waals surface area (Å²) in [5, 5.41) is 3.55. The van der Waals surface area contributed by atoms with Gasteiger partial charge in [0.25, 0.3) is 0 Å². The van der Waals surface area contributed by atoms with Crippen molar-refractivity contribution in [2.24, 2.45) is 5.11 Å². The van der Waals surface area contributed by atoms with E-state index in [9.17, 15) is 4.79 Å². The smallest absolute Gasteiger partial charge is 0.303 e. The summed E-state index contributed by atoms with van der Waals surface area (Å²) in [6.45, 7) is 4.88. The summed E-state index contributed by atoms with van der Waals surface area (Å²) in [6, 6.07) is -0.555. The molecule has 0 spiro atoms. The molecule has 0 aromatic rings. The van der Waals surface area contributed by atoms with Crippen molar-refractivity contribution in [2.75, 3.05) is 7.11 Å². The van der Waals surface area contributed by atoms with Crippen molar-refractivity contribution >= 4 is 5.97 Å². The van der Waals surface area contributed by atoms with Crippen molar-refractivity contribution in [1.29, 1.82) is 0 Å². The lowest BCUT2D eigenvalue weighted by Crippen LogP contribution is -2.41. The van der Waals surface area contributed by atoms with E-state index in [-0.39, 0.29) is 5.76 Å². The number of ether oxygens (including phenoxy) is 3. The van der Waals surface area contributed by atoms with Gasteiger partial charge in [-0.1, -0.05) is 11.7 Å². The van der Waals surface area contributed by atoms with E-state index in [1.165, 1.54) is 14.0 Å². The van der Waals surface area contributed by atoms with Crippen LogP contribution in [0.1, 0.15) is 13.3 Å². The molecule has 0 N–H and O–H groups in total. The number of hydrogen-bond donors (Lipinski definition) is 0. The van der Waals surface area contributed by atoms with Gasteiger partial charge in [0.2, 0.25) is 0 Å². The Morgan fingerprint density at radius 1 is 1.75 bits per heavy atom. The monoisotopic (exact) mass is 227 g/mol. The molecule has 3 atom stereocenters. The number of azide groups is 1. The van der Waals surface area contributed by atoms with Crippen LogP contribution in [-0.4, -0.2) is 31.5 Å². The van der Waals surface area contributed by atoms with Crippen LogP contribution in [0.3, 0.4) is 0 Å². The highest BCUT2D eigenvalue weighted by molar-refractivity contribution is 5.66. The maximum Gasteiger partial charge on any atom is 0.303 e. The van der Waals surface area contributed by atoms with Gasteiger partial charge < -0.3 is 14.2 Å². The maximum atomic E-state index is 10.9. The third-order valence-electron chi connectivity index (χ3n) is 2.14. The standard InChI is InChI=1S/C9H13N3O4/c1-5-9(16-6(2)13)7(11-12-10)4-8(14-3)15-5/h7-9H,1,4H2,2-3H3/t7-,8-,9-/m0/s1. The third-order valence-corrected chi connectivity index (χ3v) is 2.14. The first-order valence-corrected chi connectivity index (χ1v) is 4.68. The highest BCUT2D eigenvalue weighted by Crippen LogP contribution is 2.27. The molecule has 0 aromatic carbocycles. The van der Waals surface area contributed by atoms with Crippen molar-refractivity contribution in [3.05, 3.63) is 22.8 Å². The van der Waals surface area contributed by atoms with E-state index in [0.717, 1.165) is 0 Å². The van der Waals surface area contributed by atoms with E-state index in [1.807, 2.05) is 0 Å². The zero-order valence-electron chi connectivity index (χ0n) is 9.12. The fourth-order valence-electron chi connectivity index (χ4n) is 1.46. The minimum Gasteiger partial charge on any atom is -0.466 e. The largest absolute Gasteiger partial charge is 0.466 e. The Morgan fingerprint density at radius 2 is 2.44 bits per heavy atom. The summed E-state index contributed by atoms with van der Waals surface area (Å²) in [5.41, 5.74) is 8.42. The van der Waals surface area contributed by atoms with Crippen LogP contribution >= 0.6 is 0 Å². The Balaban J connectivity index is 2.82. The van der Waals surface area contributed by atoms with Gasteiger partial charge in [-0.05, 0) is 5.53 Å². The predicted molar refractivity (Wildman–Crippen MR) is 54.1 cm³/mol. The second-order valence-corrected chi connectivity index (χ2v) is 3.29. The van der Waals surface area contributed by atoms with E-state index < -0.39 is 24.4 Å². The van der Waals surface area contributed by atoms with Crippen molar-refractivity contribution in [2.45, 2.75) is 31.8 Å². The molecular formula is C9H13N3O4. The molecule has 0 saturated carbocycles. The minimum atomic E-state index is -0.750. The molecule has 1 heterocycles. The van der Waals surface area contributed by atoms with Gasteiger partial charge in [-0.2, -0.15) is 0 Å².